The van der Waals surface area contributed by atoms with Gasteiger partial charge in [-0.1, -0.05) is 0 Å². The Morgan fingerprint density at radius 1 is 0.667 bits per heavy atom. The lowest BCUT2D eigenvalue weighted by Gasteiger charge is -2.13. The Labute approximate surface area is 182 Å². The lowest BCUT2D eigenvalue weighted by Crippen LogP contribution is -2.29. The van der Waals surface area contributed by atoms with Gasteiger partial charge in [-0.25, -0.2) is 4.90 Å². The first-order valence-corrected chi connectivity index (χ1v) is 9.05. The van der Waals surface area contributed by atoms with Crippen LogP contribution in [-0.2, 0) is 0 Å². The van der Waals surface area contributed by atoms with Crippen molar-refractivity contribution in [2.75, 3.05) is 4.90 Å². The summed E-state index contributed by atoms with van der Waals surface area (Å²) in [4.78, 5) is 57.1. The monoisotopic (exact) mass is 450 g/mol. The number of nitro benzene ring substituents is 3. The molecular formula is C20H10N4O9. The highest BCUT2D eigenvalue weighted by Gasteiger charge is 2.37. The third-order valence-corrected chi connectivity index (χ3v) is 4.75. The predicted molar refractivity (Wildman–Crippen MR) is 111 cm³/mol. The van der Waals surface area contributed by atoms with Crippen molar-refractivity contribution in [2.24, 2.45) is 0 Å². The van der Waals surface area contributed by atoms with Gasteiger partial charge >= 0.3 is 5.69 Å². The maximum absolute atomic E-state index is 12.9. The second-order valence-electron chi connectivity index (χ2n) is 6.69. The number of rotatable bonds is 6. The van der Waals surface area contributed by atoms with Crippen LogP contribution < -0.4 is 9.64 Å². The van der Waals surface area contributed by atoms with E-state index in [4.69, 9.17) is 4.74 Å². The summed E-state index contributed by atoms with van der Waals surface area (Å²) in [5.74, 6) is -1.68. The number of hydrogen-bond acceptors (Lipinski definition) is 9. The molecule has 2 amide bonds. The molecule has 33 heavy (non-hydrogen) atoms. The van der Waals surface area contributed by atoms with Gasteiger partial charge in [0.25, 0.3) is 23.2 Å². The second kappa shape index (κ2) is 7.81. The van der Waals surface area contributed by atoms with Gasteiger partial charge in [-0.3, -0.25) is 39.9 Å². The predicted octanol–water partition coefficient (Wildman–Crippen LogP) is 4.00. The van der Waals surface area contributed by atoms with E-state index in [2.05, 4.69) is 0 Å². The van der Waals surface area contributed by atoms with Gasteiger partial charge in [0.1, 0.15) is 5.75 Å². The van der Waals surface area contributed by atoms with Gasteiger partial charge in [-0.05, 0) is 36.4 Å². The zero-order valence-corrected chi connectivity index (χ0v) is 16.2. The lowest BCUT2D eigenvalue weighted by atomic mass is 10.1. The fourth-order valence-corrected chi connectivity index (χ4v) is 3.22. The summed E-state index contributed by atoms with van der Waals surface area (Å²) < 4.78 is 5.48. The van der Waals surface area contributed by atoms with Crippen molar-refractivity contribution in [1.82, 2.24) is 0 Å². The van der Waals surface area contributed by atoms with Gasteiger partial charge in [0, 0.05) is 18.2 Å². The number of anilines is 1. The van der Waals surface area contributed by atoms with Gasteiger partial charge < -0.3 is 4.74 Å². The van der Waals surface area contributed by atoms with Gasteiger partial charge in [-0.15, -0.1) is 0 Å². The summed E-state index contributed by atoms with van der Waals surface area (Å²) in [6.07, 6.45) is 0. The number of carbonyl (C=O) groups is 2. The van der Waals surface area contributed by atoms with Crippen LogP contribution in [0, 0.1) is 30.3 Å². The van der Waals surface area contributed by atoms with Gasteiger partial charge in [0.05, 0.1) is 37.7 Å². The Morgan fingerprint density at radius 2 is 1.27 bits per heavy atom. The van der Waals surface area contributed by atoms with E-state index < -0.39 is 38.0 Å². The molecule has 0 atom stereocenters. The Morgan fingerprint density at radius 3 is 1.88 bits per heavy atom. The van der Waals surface area contributed by atoms with E-state index in [0.717, 1.165) is 35.2 Å². The smallest absolute Gasteiger partial charge is 0.318 e. The van der Waals surface area contributed by atoms with E-state index in [1.165, 1.54) is 30.3 Å². The van der Waals surface area contributed by atoms with Crippen LogP contribution in [0.3, 0.4) is 0 Å². The highest BCUT2D eigenvalue weighted by atomic mass is 16.6. The molecule has 0 saturated heterocycles. The molecule has 0 aromatic heterocycles. The normalized spacial score (nSPS) is 12.4. The fourth-order valence-electron chi connectivity index (χ4n) is 3.22. The first-order valence-electron chi connectivity index (χ1n) is 9.05. The van der Waals surface area contributed by atoms with E-state index in [0.29, 0.717) is 0 Å². The quantitative estimate of drug-likeness (QED) is 0.305. The molecule has 0 N–H and O–H groups in total. The van der Waals surface area contributed by atoms with Crippen molar-refractivity contribution < 1.29 is 29.1 Å². The van der Waals surface area contributed by atoms with Crippen molar-refractivity contribution >= 4 is 34.6 Å². The Hall–Kier alpha value is -5.20. The number of benzene rings is 3. The summed E-state index contributed by atoms with van der Waals surface area (Å²) >= 11 is 0. The summed E-state index contributed by atoms with van der Waals surface area (Å²) in [7, 11) is 0. The Kier molecular flexibility index (Phi) is 4.98. The van der Waals surface area contributed by atoms with Crippen LogP contribution in [0.15, 0.2) is 60.7 Å². The molecule has 13 nitrogen and oxygen atoms in total. The molecule has 0 unspecified atom stereocenters. The average Bonchev–Trinajstić information content (AvgIpc) is 3.03. The summed E-state index contributed by atoms with van der Waals surface area (Å²) in [5.41, 5.74) is -1.23. The van der Waals surface area contributed by atoms with Crippen LogP contribution in [0.1, 0.15) is 20.7 Å². The molecule has 0 fully saturated rings. The minimum absolute atomic E-state index is 0.0163. The molecule has 1 heterocycles. The van der Waals surface area contributed by atoms with E-state index in [9.17, 15) is 39.9 Å². The van der Waals surface area contributed by atoms with Crippen LogP contribution in [0.5, 0.6) is 11.5 Å². The standard InChI is InChI=1S/C20H10N4O9/c25-19-15-7-6-14(33-18-8-5-13(23(29)30)9-17(18)24(31)32)10-16(15)20(26)21(19)11-1-3-12(4-2-11)22(27)28/h1-10H. The number of carbonyl (C=O) groups excluding carboxylic acids is 2. The van der Waals surface area contributed by atoms with Crippen molar-refractivity contribution in [2.45, 2.75) is 0 Å². The number of ether oxygens (including phenoxy) is 1. The van der Waals surface area contributed by atoms with Gasteiger partial charge in [-0.2, -0.15) is 0 Å². The SMILES string of the molecule is O=C1c2ccc(Oc3ccc([N+](=O)[O-])cc3[N+](=O)[O-])cc2C(=O)N1c1ccc([N+](=O)[O-])cc1. The first kappa shape index (κ1) is 21.0. The number of hydrogen-bond donors (Lipinski definition) is 0. The minimum atomic E-state index is -0.847. The third kappa shape index (κ3) is 3.69. The minimum Gasteiger partial charge on any atom is -0.450 e. The molecule has 4 rings (SSSR count). The number of nitro groups is 3. The van der Waals surface area contributed by atoms with Crippen molar-refractivity contribution in [3.63, 3.8) is 0 Å². The van der Waals surface area contributed by atoms with Crippen LogP contribution >= 0.6 is 0 Å². The highest BCUT2D eigenvalue weighted by molar-refractivity contribution is 6.34. The van der Waals surface area contributed by atoms with Crippen LogP contribution in [-0.4, -0.2) is 26.6 Å². The largest absolute Gasteiger partial charge is 0.450 e. The molecule has 164 valence electrons. The van der Waals surface area contributed by atoms with Gasteiger partial charge in [0.2, 0.25) is 5.75 Å². The second-order valence-corrected chi connectivity index (χ2v) is 6.69. The number of fused-ring (bicyclic) bond motifs is 1. The summed E-state index contributed by atoms with van der Waals surface area (Å²) in [5, 5.41) is 33.0. The fraction of sp³-hybridized carbons (Fsp3) is 0. The van der Waals surface area contributed by atoms with Crippen molar-refractivity contribution in [3.05, 3.63) is 102 Å². The van der Waals surface area contributed by atoms with Crippen LogP contribution in [0.2, 0.25) is 0 Å². The van der Waals surface area contributed by atoms with Crippen molar-refractivity contribution in [1.29, 1.82) is 0 Å². The topological polar surface area (TPSA) is 176 Å². The molecule has 0 aliphatic carbocycles. The molecule has 13 heteroatoms. The zero-order valence-electron chi connectivity index (χ0n) is 16.2. The zero-order chi connectivity index (χ0) is 23.9. The Balaban J connectivity index is 1.66. The molecular weight excluding hydrogens is 440 g/mol. The molecule has 1 aliphatic heterocycles. The van der Waals surface area contributed by atoms with Crippen molar-refractivity contribution in [3.8, 4) is 11.5 Å². The number of nitrogens with zero attached hydrogens (tertiary/aromatic N) is 4. The molecule has 0 spiro atoms. The van der Waals surface area contributed by atoms with E-state index >= 15 is 0 Å². The summed E-state index contributed by atoms with van der Waals surface area (Å²) in [6.45, 7) is 0. The van der Waals surface area contributed by atoms with E-state index in [1.807, 2.05) is 0 Å². The first-order chi connectivity index (χ1) is 15.7. The maximum atomic E-state index is 12.9. The number of imide groups is 1. The van der Waals surface area contributed by atoms with Gasteiger partial charge in [0.15, 0.2) is 0 Å². The highest BCUT2D eigenvalue weighted by Crippen LogP contribution is 2.37. The molecule has 0 radical (unpaired) electrons. The maximum Gasteiger partial charge on any atom is 0.318 e. The molecule has 3 aromatic rings. The third-order valence-electron chi connectivity index (χ3n) is 4.75. The average molecular weight is 450 g/mol. The number of amides is 2. The number of non-ortho nitro benzene ring substituents is 2. The summed E-state index contributed by atoms with van der Waals surface area (Å²) in [6, 6.07) is 11.5. The Bertz CT molecular complexity index is 1370. The van der Waals surface area contributed by atoms with Crippen LogP contribution in [0.25, 0.3) is 0 Å². The lowest BCUT2D eigenvalue weighted by molar-refractivity contribution is -0.394. The molecule has 0 saturated carbocycles. The van der Waals surface area contributed by atoms with E-state index in [-0.39, 0.29) is 34.0 Å². The molecule has 1 aliphatic rings. The molecule has 3 aromatic carbocycles. The van der Waals surface area contributed by atoms with E-state index in [1.54, 1.807) is 0 Å². The van der Waals surface area contributed by atoms with Crippen LogP contribution in [0.4, 0.5) is 22.7 Å². The molecule has 0 bridgehead atoms.